The van der Waals surface area contributed by atoms with Crippen molar-refractivity contribution in [2.75, 3.05) is 5.32 Å². The van der Waals surface area contributed by atoms with Crippen molar-refractivity contribution in [3.63, 3.8) is 0 Å². The third kappa shape index (κ3) is 3.78. The lowest BCUT2D eigenvalue weighted by atomic mass is 10.0. The molecule has 4 rings (SSSR count). The number of carbonyl (C=O) groups is 1. The molecule has 2 atom stereocenters. The molecule has 148 valence electrons. The molecule has 0 unspecified atom stereocenters. The average molecular weight is 393 g/mol. The molecule has 7 nitrogen and oxygen atoms in total. The van der Waals surface area contributed by atoms with Crippen LogP contribution >= 0.6 is 0 Å². The van der Waals surface area contributed by atoms with Crippen molar-refractivity contribution in [2.45, 2.75) is 32.9 Å². The molecule has 0 bridgehead atoms. The summed E-state index contributed by atoms with van der Waals surface area (Å²) in [5.74, 6) is -0.516. The molecule has 1 aliphatic rings. The van der Waals surface area contributed by atoms with Gasteiger partial charge in [-0.25, -0.2) is 9.37 Å². The normalized spacial score (nSPS) is 18.7. The number of aromatic nitrogens is 3. The highest BCUT2D eigenvalue weighted by Crippen LogP contribution is 2.34. The number of rotatable bonds is 5. The molecule has 0 aliphatic heterocycles. The van der Waals surface area contributed by atoms with Gasteiger partial charge in [-0.3, -0.25) is 14.8 Å². The van der Waals surface area contributed by atoms with Crippen molar-refractivity contribution in [3.8, 4) is 11.3 Å². The van der Waals surface area contributed by atoms with Crippen LogP contribution in [0.4, 0.5) is 10.2 Å². The van der Waals surface area contributed by atoms with Crippen LogP contribution in [-0.2, 0) is 4.79 Å². The van der Waals surface area contributed by atoms with Gasteiger partial charge in [-0.15, -0.1) is 0 Å². The van der Waals surface area contributed by atoms with Crippen LogP contribution in [0, 0.1) is 12.8 Å². The summed E-state index contributed by atoms with van der Waals surface area (Å²) in [4.78, 5) is 25.0. The van der Waals surface area contributed by atoms with Crippen molar-refractivity contribution in [2.24, 2.45) is 11.1 Å². The molecule has 8 heteroatoms. The number of nitrogens with one attached hydrogen (secondary N) is 1. The van der Waals surface area contributed by atoms with E-state index in [1.165, 1.54) is 0 Å². The number of pyridine rings is 3. The van der Waals surface area contributed by atoms with Crippen LogP contribution in [0.1, 0.15) is 31.0 Å². The lowest BCUT2D eigenvalue weighted by Gasteiger charge is -2.09. The Balaban J connectivity index is 1.60. The zero-order valence-electron chi connectivity index (χ0n) is 16.1. The van der Waals surface area contributed by atoms with Crippen molar-refractivity contribution in [3.05, 3.63) is 48.0 Å². The number of anilines is 1. The zero-order valence-corrected chi connectivity index (χ0v) is 16.1. The molecule has 3 aromatic heterocycles. The summed E-state index contributed by atoms with van der Waals surface area (Å²) < 4.78 is 13.0. The minimum Gasteiger partial charge on any atom is -0.411 e. The smallest absolute Gasteiger partial charge is 0.231 e. The Morgan fingerprint density at radius 1 is 1.21 bits per heavy atom. The summed E-state index contributed by atoms with van der Waals surface area (Å²) in [5.41, 5.74) is 3.72. The van der Waals surface area contributed by atoms with Gasteiger partial charge < -0.3 is 10.5 Å². The molecule has 2 N–H and O–H groups in total. The Labute approximate surface area is 166 Å². The molecule has 1 fully saturated rings. The Morgan fingerprint density at radius 3 is 2.59 bits per heavy atom. The van der Waals surface area contributed by atoms with Crippen LogP contribution < -0.4 is 5.32 Å². The van der Waals surface area contributed by atoms with E-state index in [1.807, 2.05) is 26.0 Å². The fraction of sp³-hybridized carbons (Fsp3) is 0.286. The Kier molecular flexibility index (Phi) is 4.92. The summed E-state index contributed by atoms with van der Waals surface area (Å²) in [6, 6.07) is 5.49. The number of hydrogen-bond acceptors (Lipinski definition) is 6. The first-order valence-corrected chi connectivity index (χ1v) is 9.39. The second-order valence-corrected chi connectivity index (χ2v) is 7.12. The van der Waals surface area contributed by atoms with E-state index in [0.29, 0.717) is 23.6 Å². The molecule has 0 saturated heterocycles. The van der Waals surface area contributed by atoms with Crippen LogP contribution in [-0.4, -0.2) is 37.9 Å². The minimum atomic E-state index is -1.04. The highest BCUT2D eigenvalue weighted by Gasteiger charge is 2.43. The lowest BCUT2D eigenvalue weighted by Crippen LogP contribution is -2.15. The molecule has 3 aromatic rings. The molecule has 0 spiro atoms. The van der Waals surface area contributed by atoms with Gasteiger partial charge in [-0.05, 0) is 43.5 Å². The standard InChI is InChI=1S/C21H20FN5O2/c1-3-17(27-29)19-4-11(2)15(10-24-19)18-5-12-9-25-20(6-13(12)8-23-18)26-21(28)14-7-16(14)22/h4-6,8-10,14,16,29H,3,7H2,1-2H3,(H,25,26,28)/b27-17-/t14-,16+/m0/s1. The van der Waals surface area contributed by atoms with Crippen LogP contribution in [0.25, 0.3) is 22.0 Å². The minimum absolute atomic E-state index is 0.278. The Hall–Kier alpha value is -3.42. The molecule has 0 aromatic carbocycles. The zero-order chi connectivity index (χ0) is 20.5. The highest BCUT2D eigenvalue weighted by atomic mass is 19.1. The maximum absolute atomic E-state index is 13.0. The topological polar surface area (TPSA) is 100 Å². The molecule has 1 aliphatic carbocycles. The third-order valence-corrected chi connectivity index (χ3v) is 5.04. The van der Waals surface area contributed by atoms with Gasteiger partial charge in [0, 0.05) is 34.9 Å². The Morgan fingerprint density at radius 2 is 1.93 bits per heavy atom. The van der Waals surface area contributed by atoms with Gasteiger partial charge in [0.15, 0.2) is 0 Å². The predicted octanol–water partition coefficient (Wildman–Crippen LogP) is 3.89. The number of oxime groups is 1. The number of nitrogens with zero attached hydrogens (tertiary/aromatic N) is 4. The SMILES string of the molecule is CC/C(=N/O)c1cc(C)c(-c2cc3cnc(NC(=O)[C@H]4C[C@H]4F)cc3cn2)cn1. The predicted molar refractivity (Wildman–Crippen MR) is 108 cm³/mol. The molecular weight excluding hydrogens is 373 g/mol. The van der Waals surface area contributed by atoms with E-state index < -0.39 is 12.1 Å². The van der Waals surface area contributed by atoms with Crippen LogP contribution in [0.5, 0.6) is 0 Å². The number of carbonyl (C=O) groups excluding carboxylic acids is 1. The number of hydrogen-bond donors (Lipinski definition) is 2. The second kappa shape index (κ2) is 7.54. The molecule has 3 heterocycles. The van der Waals surface area contributed by atoms with Crippen molar-refractivity contribution < 1.29 is 14.4 Å². The van der Waals surface area contributed by atoms with Gasteiger partial charge >= 0.3 is 0 Å². The summed E-state index contributed by atoms with van der Waals surface area (Å²) in [6.45, 7) is 3.85. The van der Waals surface area contributed by atoms with E-state index in [0.717, 1.165) is 27.6 Å². The summed E-state index contributed by atoms with van der Waals surface area (Å²) in [6.07, 6.45) is 4.89. The average Bonchev–Trinajstić information content (AvgIpc) is 3.45. The van der Waals surface area contributed by atoms with Crippen molar-refractivity contribution in [1.29, 1.82) is 0 Å². The van der Waals surface area contributed by atoms with E-state index in [9.17, 15) is 9.18 Å². The van der Waals surface area contributed by atoms with Gasteiger partial charge in [0.1, 0.15) is 17.7 Å². The lowest BCUT2D eigenvalue weighted by molar-refractivity contribution is -0.117. The van der Waals surface area contributed by atoms with Gasteiger partial charge in [0.05, 0.1) is 17.3 Å². The van der Waals surface area contributed by atoms with Crippen LogP contribution in [0.15, 0.2) is 41.9 Å². The largest absolute Gasteiger partial charge is 0.411 e. The number of aryl methyl sites for hydroxylation is 1. The first-order chi connectivity index (χ1) is 14.0. The van der Waals surface area contributed by atoms with Gasteiger partial charge in [-0.1, -0.05) is 12.1 Å². The fourth-order valence-electron chi connectivity index (χ4n) is 3.19. The molecule has 1 saturated carbocycles. The Bertz CT molecular complexity index is 1130. The summed E-state index contributed by atoms with van der Waals surface area (Å²) >= 11 is 0. The number of amides is 1. The quantitative estimate of drug-likeness (QED) is 0.389. The van der Waals surface area contributed by atoms with E-state index in [2.05, 4.69) is 25.4 Å². The maximum atomic E-state index is 13.0. The third-order valence-electron chi connectivity index (χ3n) is 5.04. The first kappa shape index (κ1) is 18.9. The van der Waals surface area contributed by atoms with E-state index >= 15 is 0 Å². The van der Waals surface area contributed by atoms with Gasteiger partial charge in [-0.2, -0.15) is 0 Å². The van der Waals surface area contributed by atoms with Crippen molar-refractivity contribution >= 4 is 28.2 Å². The van der Waals surface area contributed by atoms with Crippen LogP contribution in [0.2, 0.25) is 0 Å². The van der Waals surface area contributed by atoms with Crippen LogP contribution in [0.3, 0.4) is 0 Å². The first-order valence-electron chi connectivity index (χ1n) is 9.39. The number of halogens is 1. The molecule has 1 amide bonds. The van der Waals surface area contributed by atoms with Gasteiger partial charge in [0.25, 0.3) is 0 Å². The van der Waals surface area contributed by atoms with Crippen molar-refractivity contribution in [1.82, 2.24) is 15.0 Å². The number of alkyl halides is 1. The van der Waals surface area contributed by atoms with Gasteiger partial charge in [0.2, 0.25) is 5.91 Å². The molecule has 29 heavy (non-hydrogen) atoms. The van der Waals surface area contributed by atoms with E-state index in [-0.39, 0.29) is 12.3 Å². The number of fused-ring (bicyclic) bond motifs is 1. The maximum Gasteiger partial charge on any atom is 0.231 e. The van der Waals surface area contributed by atoms with E-state index in [4.69, 9.17) is 5.21 Å². The summed E-state index contributed by atoms with van der Waals surface area (Å²) in [7, 11) is 0. The second-order valence-electron chi connectivity index (χ2n) is 7.12. The summed E-state index contributed by atoms with van der Waals surface area (Å²) in [5, 5.41) is 16.7. The highest BCUT2D eigenvalue weighted by molar-refractivity contribution is 5.99. The van der Waals surface area contributed by atoms with E-state index in [1.54, 1.807) is 24.7 Å². The molecule has 0 radical (unpaired) electrons. The monoisotopic (exact) mass is 393 g/mol. The fourth-order valence-corrected chi connectivity index (χ4v) is 3.19. The molecular formula is C21H20FN5O2.